The molecule has 0 spiro atoms. The molecule has 2 aliphatic heterocycles. The SMILES string of the molecule is CN(C)c1cccc(C(=O)N2CCCN(c3cc(-c4ccc5c(c4)OCO5)[nH]n3)CC2)c1. The average Bonchev–Trinajstić information content (AvgIpc) is 3.42. The van der Waals surface area contributed by atoms with E-state index < -0.39 is 0 Å². The van der Waals surface area contributed by atoms with Crippen LogP contribution in [0.15, 0.2) is 48.5 Å². The van der Waals surface area contributed by atoms with Crippen LogP contribution in [0.1, 0.15) is 16.8 Å². The Bertz CT molecular complexity index is 1130. The van der Waals surface area contributed by atoms with Gasteiger partial charge in [0.1, 0.15) is 0 Å². The summed E-state index contributed by atoms with van der Waals surface area (Å²) in [4.78, 5) is 19.3. The number of hydrogen-bond donors (Lipinski definition) is 1. The average molecular weight is 434 g/mol. The first-order valence-corrected chi connectivity index (χ1v) is 10.9. The van der Waals surface area contributed by atoms with Gasteiger partial charge in [0, 0.05) is 63.2 Å². The molecule has 1 saturated heterocycles. The van der Waals surface area contributed by atoms with E-state index in [0.717, 1.165) is 65.9 Å². The van der Waals surface area contributed by atoms with Crippen molar-refractivity contribution in [2.75, 3.05) is 56.9 Å². The normalized spacial score (nSPS) is 15.6. The lowest BCUT2D eigenvalue weighted by Crippen LogP contribution is -2.35. The molecule has 0 bridgehead atoms. The highest BCUT2D eigenvalue weighted by molar-refractivity contribution is 5.95. The van der Waals surface area contributed by atoms with Gasteiger partial charge in [-0.05, 0) is 42.8 Å². The largest absolute Gasteiger partial charge is 0.454 e. The molecule has 166 valence electrons. The molecule has 1 aromatic heterocycles. The fourth-order valence-electron chi connectivity index (χ4n) is 4.13. The van der Waals surface area contributed by atoms with Gasteiger partial charge in [-0.3, -0.25) is 9.89 Å². The summed E-state index contributed by atoms with van der Waals surface area (Å²) >= 11 is 0. The molecule has 1 amide bonds. The third kappa shape index (κ3) is 3.95. The second kappa shape index (κ2) is 8.45. The molecule has 32 heavy (non-hydrogen) atoms. The second-order valence-electron chi connectivity index (χ2n) is 8.29. The predicted molar refractivity (Wildman–Crippen MR) is 124 cm³/mol. The number of H-pyrrole nitrogens is 1. The summed E-state index contributed by atoms with van der Waals surface area (Å²) in [6.07, 6.45) is 0.894. The van der Waals surface area contributed by atoms with Crippen molar-refractivity contribution in [3.05, 3.63) is 54.1 Å². The monoisotopic (exact) mass is 433 g/mol. The van der Waals surface area contributed by atoms with Crippen LogP contribution < -0.4 is 19.3 Å². The maximum absolute atomic E-state index is 13.1. The molecular formula is C24H27N5O3. The number of carbonyl (C=O) groups is 1. The zero-order valence-corrected chi connectivity index (χ0v) is 18.4. The molecule has 3 aromatic rings. The molecule has 2 aliphatic rings. The van der Waals surface area contributed by atoms with Crippen LogP contribution in [0.4, 0.5) is 11.5 Å². The van der Waals surface area contributed by atoms with Crippen LogP contribution in [0.2, 0.25) is 0 Å². The molecule has 5 rings (SSSR count). The Balaban J connectivity index is 1.27. The highest BCUT2D eigenvalue weighted by Crippen LogP contribution is 2.36. The maximum atomic E-state index is 13.1. The van der Waals surface area contributed by atoms with E-state index in [-0.39, 0.29) is 12.7 Å². The van der Waals surface area contributed by atoms with Crippen molar-refractivity contribution in [3.63, 3.8) is 0 Å². The van der Waals surface area contributed by atoms with Gasteiger partial charge >= 0.3 is 0 Å². The fourth-order valence-corrected chi connectivity index (χ4v) is 4.13. The smallest absolute Gasteiger partial charge is 0.253 e. The van der Waals surface area contributed by atoms with E-state index in [1.165, 1.54) is 0 Å². The van der Waals surface area contributed by atoms with Gasteiger partial charge in [0.15, 0.2) is 17.3 Å². The Kier molecular flexibility index (Phi) is 5.34. The van der Waals surface area contributed by atoms with E-state index >= 15 is 0 Å². The molecule has 0 radical (unpaired) electrons. The van der Waals surface area contributed by atoms with E-state index in [0.29, 0.717) is 6.54 Å². The summed E-state index contributed by atoms with van der Waals surface area (Å²) in [5, 5.41) is 7.66. The first-order chi connectivity index (χ1) is 15.6. The first kappa shape index (κ1) is 20.2. The van der Waals surface area contributed by atoms with Crippen LogP contribution in [0.25, 0.3) is 11.3 Å². The highest BCUT2D eigenvalue weighted by atomic mass is 16.7. The van der Waals surface area contributed by atoms with Gasteiger partial charge in [-0.1, -0.05) is 6.07 Å². The molecule has 8 nitrogen and oxygen atoms in total. The van der Waals surface area contributed by atoms with Crippen molar-refractivity contribution < 1.29 is 14.3 Å². The number of carbonyl (C=O) groups excluding carboxylic acids is 1. The highest BCUT2D eigenvalue weighted by Gasteiger charge is 2.22. The summed E-state index contributed by atoms with van der Waals surface area (Å²) in [5.41, 5.74) is 3.69. The van der Waals surface area contributed by atoms with E-state index in [1.54, 1.807) is 0 Å². The second-order valence-corrected chi connectivity index (χ2v) is 8.29. The Hall–Kier alpha value is -3.68. The first-order valence-electron chi connectivity index (χ1n) is 10.9. The van der Waals surface area contributed by atoms with E-state index in [4.69, 9.17) is 9.47 Å². The number of amides is 1. The number of anilines is 2. The quantitative estimate of drug-likeness (QED) is 0.681. The number of aromatic nitrogens is 2. The molecule has 1 fully saturated rings. The third-order valence-corrected chi connectivity index (χ3v) is 5.96. The number of hydrogen-bond acceptors (Lipinski definition) is 6. The van der Waals surface area contributed by atoms with Crippen molar-refractivity contribution in [1.29, 1.82) is 0 Å². The Labute approximate surface area is 187 Å². The van der Waals surface area contributed by atoms with Gasteiger partial charge in [0.2, 0.25) is 6.79 Å². The zero-order valence-electron chi connectivity index (χ0n) is 18.4. The van der Waals surface area contributed by atoms with Crippen molar-refractivity contribution in [1.82, 2.24) is 15.1 Å². The molecule has 8 heteroatoms. The molecule has 0 aliphatic carbocycles. The zero-order chi connectivity index (χ0) is 22.1. The van der Waals surface area contributed by atoms with Crippen LogP contribution in [-0.2, 0) is 0 Å². The van der Waals surface area contributed by atoms with Gasteiger partial charge in [-0.2, -0.15) is 5.10 Å². The summed E-state index contributed by atoms with van der Waals surface area (Å²) in [5.74, 6) is 2.49. The van der Waals surface area contributed by atoms with Crippen molar-refractivity contribution in [3.8, 4) is 22.8 Å². The van der Waals surface area contributed by atoms with Crippen LogP contribution >= 0.6 is 0 Å². The number of nitrogens with one attached hydrogen (secondary N) is 1. The maximum Gasteiger partial charge on any atom is 0.253 e. The molecular weight excluding hydrogens is 406 g/mol. The minimum atomic E-state index is 0.0821. The fraction of sp³-hybridized carbons (Fsp3) is 0.333. The Morgan fingerprint density at radius 3 is 2.75 bits per heavy atom. The molecule has 0 unspecified atom stereocenters. The van der Waals surface area contributed by atoms with Gasteiger partial charge < -0.3 is 24.2 Å². The Morgan fingerprint density at radius 1 is 1.00 bits per heavy atom. The van der Waals surface area contributed by atoms with Gasteiger partial charge in [0.05, 0.1) is 5.69 Å². The molecule has 0 saturated carbocycles. The van der Waals surface area contributed by atoms with Crippen molar-refractivity contribution in [2.24, 2.45) is 0 Å². The van der Waals surface area contributed by atoms with Gasteiger partial charge in [-0.15, -0.1) is 0 Å². The molecule has 2 aromatic carbocycles. The van der Waals surface area contributed by atoms with Crippen LogP contribution in [0, 0.1) is 0 Å². The lowest BCUT2D eigenvalue weighted by molar-refractivity contribution is 0.0767. The van der Waals surface area contributed by atoms with Gasteiger partial charge in [0.25, 0.3) is 5.91 Å². The lowest BCUT2D eigenvalue weighted by atomic mass is 10.1. The van der Waals surface area contributed by atoms with Crippen molar-refractivity contribution >= 4 is 17.4 Å². The van der Waals surface area contributed by atoms with Crippen LogP contribution in [0.5, 0.6) is 11.5 Å². The molecule has 0 atom stereocenters. The Morgan fingerprint density at radius 2 is 1.88 bits per heavy atom. The number of ether oxygens (including phenoxy) is 2. The third-order valence-electron chi connectivity index (χ3n) is 5.96. The standard InChI is InChI=1S/C24H27N5O3/c1-27(2)19-6-3-5-18(13-19)24(30)29-10-4-9-28(11-12-29)23-15-20(25-26-23)17-7-8-21-22(14-17)32-16-31-21/h3,5-8,13-15H,4,9-12,16H2,1-2H3,(H,25,26). The summed E-state index contributed by atoms with van der Waals surface area (Å²) < 4.78 is 10.9. The van der Waals surface area contributed by atoms with Crippen LogP contribution in [0.3, 0.4) is 0 Å². The number of benzene rings is 2. The number of fused-ring (bicyclic) bond motifs is 1. The predicted octanol–water partition coefficient (Wildman–Crippen LogP) is 3.22. The lowest BCUT2D eigenvalue weighted by Gasteiger charge is -2.22. The summed E-state index contributed by atoms with van der Waals surface area (Å²) in [7, 11) is 3.96. The minimum absolute atomic E-state index is 0.0821. The van der Waals surface area contributed by atoms with Gasteiger partial charge in [-0.25, -0.2) is 0 Å². The van der Waals surface area contributed by atoms with Crippen LogP contribution in [-0.4, -0.2) is 68.1 Å². The number of nitrogens with zero attached hydrogens (tertiary/aromatic N) is 4. The molecule has 3 heterocycles. The van der Waals surface area contributed by atoms with Crippen molar-refractivity contribution in [2.45, 2.75) is 6.42 Å². The number of rotatable bonds is 4. The topological polar surface area (TPSA) is 73.9 Å². The summed E-state index contributed by atoms with van der Waals surface area (Å²) in [6.45, 7) is 3.26. The van der Waals surface area contributed by atoms with E-state index in [9.17, 15) is 4.79 Å². The number of aromatic amines is 1. The van der Waals surface area contributed by atoms with E-state index in [1.807, 2.05) is 66.4 Å². The minimum Gasteiger partial charge on any atom is -0.454 e. The summed E-state index contributed by atoms with van der Waals surface area (Å²) in [6, 6.07) is 15.7. The van der Waals surface area contributed by atoms with E-state index in [2.05, 4.69) is 21.2 Å². The molecule has 1 N–H and O–H groups in total.